The van der Waals surface area contributed by atoms with Crippen molar-refractivity contribution >= 4 is 49.9 Å². The molecule has 2 aromatic carbocycles. The number of hydrogen-bond donors (Lipinski definition) is 0. The molecule has 2 aromatic heterocycles. The molecule has 0 bridgehead atoms. The van der Waals surface area contributed by atoms with Crippen molar-refractivity contribution in [3.8, 4) is 11.5 Å². The predicted octanol–water partition coefficient (Wildman–Crippen LogP) is 14.5. The summed E-state index contributed by atoms with van der Waals surface area (Å²) in [4.78, 5) is 4.48. The molecule has 6 nitrogen and oxygen atoms in total. The molecule has 0 spiro atoms. The van der Waals surface area contributed by atoms with E-state index in [4.69, 9.17) is 21.1 Å². The second kappa shape index (κ2) is 16.3. The third-order valence-corrected chi connectivity index (χ3v) is 28.0. The van der Waals surface area contributed by atoms with E-state index in [0.717, 1.165) is 35.0 Å². The van der Waals surface area contributed by atoms with Gasteiger partial charge < -0.3 is 27.7 Å². The molecule has 0 radical (unpaired) electrons. The maximum atomic E-state index is 6.84. The number of nitrogens with zero attached hydrogens (tertiary/aromatic N) is 4. The molecule has 322 valence electrons. The first-order valence-electron chi connectivity index (χ1n) is 20.9. The molecular weight excluding hydrogens is 756 g/mol. The summed E-state index contributed by atoms with van der Waals surface area (Å²) in [6.07, 6.45) is 4.88. The second-order valence-electron chi connectivity index (χ2n) is 23.3. The van der Waals surface area contributed by atoms with Gasteiger partial charge in [0.1, 0.15) is 11.5 Å². The number of benzene rings is 2. The number of rotatable bonds is 8. The molecule has 4 rings (SSSR count). The Morgan fingerprint density at radius 1 is 0.509 bits per heavy atom. The fourth-order valence-electron chi connectivity index (χ4n) is 13.3. The Morgan fingerprint density at radius 2 is 0.860 bits per heavy atom. The monoisotopic (exact) mass is 839 g/mol. The van der Waals surface area contributed by atoms with Gasteiger partial charge in [0.2, 0.25) is 0 Å². The lowest BCUT2D eigenvalue weighted by Gasteiger charge is -2.59. The summed E-state index contributed by atoms with van der Waals surface area (Å²) in [7, 11) is 7.59. The van der Waals surface area contributed by atoms with Crippen molar-refractivity contribution in [2.75, 3.05) is 42.4 Å². The summed E-state index contributed by atoms with van der Waals surface area (Å²) >= 11 is 6.84. The highest BCUT2D eigenvalue weighted by molar-refractivity contribution is 6.87. The maximum absolute atomic E-state index is 6.84. The molecule has 0 aliphatic carbocycles. The minimum atomic E-state index is -2.25. The molecule has 0 saturated heterocycles. The zero-order valence-corrected chi connectivity index (χ0v) is 43.7. The molecule has 0 N–H and O–H groups in total. The van der Waals surface area contributed by atoms with Gasteiger partial charge in [0.15, 0.2) is 16.5 Å². The number of hydrogen-bond acceptors (Lipinski definition) is 4. The SMILES string of the molecule is COc1cc(Cl)c2c(CN(C)C)cn([Si](C(C)(C)C)(C(C)(C)C)C(C)(C)C)c2c1.COc1ccc2c(CN(C)C)cn([Si](C(C)(C)C)(C(C)(C)C)C(C)(C)C)c2c1. The third-order valence-electron chi connectivity index (χ3n) is 12.4. The third kappa shape index (κ3) is 8.69. The molecular formula is C48H83ClN4O2Si2. The fourth-order valence-corrected chi connectivity index (χ4v) is 33.2. The highest BCUT2D eigenvalue weighted by Crippen LogP contribution is 2.65. The summed E-state index contributed by atoms with van der Waals surface area (Å²) in [6.45, 7) is 45.7. The van der Waals surface area contributed by atoms with E-state index in [0.29, 0.717) is 0 Å². The molecule has 57 heavy (non-hydrogen) atoms. The molecule has 2 heterocycles. The van der Waals surface area contributed by atoms with Crippen LogP contribution in [0, 0.1) is 0 Å². The Balaban J connectivity index is 0.000000306. The first kappa shape index (κ1) is 49.1. The standard InChI is InChI=1S/C24H41ClN2OSi.C24H42N2OSi/c1-22(2,3)29(23(4,5)6,24(7,8)9)27-16-17(15-26(10)11)21-19(25)13-18(28-12)14-20(21)27;1-22(2,3)28(23(4,5)6,24(7,8)9)26-17-18(16-25(10)11)20-14-13-19(27-12)15-21(20)26/h13-14,16H,15H2,1-12H3;13-15,17H,16H2,1-12H3. The van der Waals surface area contributed by atoms with Gasteiger partial charge in [0.25, 0.3) is 0 Å². The second-order valence-corrected chi connectivity index (χ2v) is 36.5. The quantitative estimate of drug-likeness (QED) is 0.166. The van der Waals surface area contributed by atoms with E-state index in [2.05, 4.69) is 208 Å². The number of aromatic nitrogens is 2. The highest BCUT2D eigenvalue weighted by atomic mass is 35.5. The molecule has 0 aliphatic rings. The first-order chi connectivity index (χ1) is 25.6. The van der Waals surface area contributed by atoms with Crippen LogP contribution in [-0.2, 0) is 13.1 Å². The molecule has 0 saturated carbocycles. The van der Waals surface area contributed by atoms with Gasteiger partial charge in [-0.25, -0.2) is 0 Å². The van der Waals surface area contributed by atoms with Crippen LogP contribution in [0.15, 0.2) is 42.7 Å². The topological polar surface area (TPSA) is 34.8 Å². The molecule has 0 atom stereocenters. The van der Waals surface area contributed by atoms with Crippen LogP contribution in [0.5, 0.6) is 11.5 Å². The Kier molecular flexibility index (Phi) is 14.1. The number of fused-ring (bicyclic) bond motifs is 2. The molecule has 9 heteroatoms. The summed E-state index contributed by atoms with van der Waals surface area (Å²) in [5.41, 5.74) is 5.21. The van der Waals surface area contributed by atoms with Gasteiger partial charge in [-0.05, 0) is 87.7 Å². The van der Waals surface area contributed by atoms with Crippen LogP contribution >= 0.6 is 11.6 Å². The van der Waals surface area contributed by atoms with Crippen LogP contribution < -0.4 is 9.47 Å². The van der Waals surface area contributed by atoms with Crippen molar-refractivity contribution in [3.05, 3.63) is 58.9 Å². The summed E-state index contributed by atoms with van der Waals surface area (Å²) in [5, 5.41) is 4.19. The largest absolute Gasteiger partial charge is 0.497 e. The lowest BCUT2D eigenvalue weighted by Crippen LogP contribution is -2.63. The molecule has 0 aliphatic heterocycles. The molecule has 0 amide bonds. The van der Waals surface area contributed by atoms with Crippen LogP contribution in [0.3, 0.4) is 0 Å². The summed E-state index contributed by atoms with van der Waals surface area (Å²) in [6, 6.07) is 10.7. The van der Waals surface area contributed by atoms with Crippen LogP contribution in [0.1, 0.15) is 136 Å². The average molecular weight is 840 g/mol. The summed E-state index contributed by atoms with van der Waals surface area (Å²) < 4.78 is 16.6. The minimum Gasteiger partial charge on any atom is -0.497 e. The van der Waals surface area contributed by atoms with Gasteiger partial charge in [-0.1, -0.05) is 136 Å². The number of methoxy groups -OCH3 is 2. The number of ether oxygens (including phenoxy) is 2. The van der Waals surface area contributed by atoms with E-state index in [1.807, 2.05) is 6.07 Å². The van der Waals surface area contributed by atoms with Crippen LogP contribution in [-0.4, -0.2) is 77.1 Å². The van der Waals surface area contributed by atoms with E-state index < -0.39 is 16.5 Å². The zero-order chi connectivity index (χ0) is 44.3. The van der Waals surface area contributed by atoms with Gasteiger partial charge in [0.05, 0.1) is 19.2 Å². The Bertz CT molecular complexity index is 1930. The zero-order valence-electron chi connectivity index (χ0n) is 40.9. The van der Waals surface area contributed by atoms with Crippen molar-refractivity contribution in [3.63, 3.8) is 0 Å². The van der Waals surface area contributed by atoms with E-state index in [9.17, 15) is 0 Å². The predicted molar refractivity (Wildman–Crippen MR) is 257 cm³/mol. The molecule has 4 aromatic rings. The molecule has 0 fully saturated rings. The first-order valence-corrected chi connectivity index (χ1v) is 25.2. The van der Waals surface area contributed by atoms with Gasteiger partial charge in [-0.3, -0.25) is 0 Å². The normalized spacial score (nSPS) is 14.2. The van der Waals surface area contributed by atoms with Crippen LogP contribution in [0.2, 0.25) is 35.3 Å². The van der Waals surface area contributed by atoms with Crippen molar-refractivity contribution in [2.45, 2.75) is 168 Å². The lowest BCUT2D eigenvalue weighted by atomic mass is 10.1. The maximum Gasteiger partial charge on any atom is 0.177 e. The van der Waals surface area contributed by atoms with Crippen molar-refractivity contribution in [1.82, 2.24) is 18.3 Å². The summed E-state index contributed by atoms with van der Waals surface area (Å²) in [5.74, 6) is 1.75. The van der Waals surface area contributed by atoms with Crippen LogP contribution in [0.25, 0.3) is 21.8 Å². The number of halogens is 1. The van der Waals surface area contributed by atoms with Gasteiger partial charge in [-0.2, -0.15) is 0 Å². The minimum absolute atomic E-state index is 0.125. The smallest absolute Gasteiger partial charge is 0.177 e. The van der Waals surface area contributed by atoms with E-state index in [1.165, 1.54) is 27.5 Å². The van der Waals surface area contributed by atoms with Gasteiger partial charge in [-0.15, -0.1) is 0 Å². The van der Waals surface area contributed by atoms with Crippen molar-refractivity contribution in [2.24, 2.45) is 0 Å². The molecule has 0 unspecified atom stereocenters. The highest BCUT2D eigenvalue weighted by Gasteiger charge is 2.63. The van der Waals surface area contributed by atoms with Gasteiger partial charge in [0, 0.05) is 59.4 Å². The van der Waals surface area contributed by atoms with Crippen LogP contribution in [0.4, 0.5) is 0 Å². The van der Waals surface area contributed by atoms with E-state index in [-0.39, 0.29) is 30.2 Å². The van der Waals surface area contributed by atoms with Gasteiger partial charge >= 0.3 is 0 Å². The van der Waals surface area contributed by atoms with E-state index >= 15 is 0 Å². The fraction of sp³-hybridized carbons (Fsp3) is 0.667. The van der Waals surface area contributed by atoms with Crippen molar-refractivity contribution < 1.29 is 9.47 Å². The average Bonchev–Trinajstić information content (AvgIpc) is 3.50. The van der Waals surface area contributed by atoms with Crippen molar-refractivity contribution in [1.29, 1.82) is 0 Å². The Morgan fingerprint density at radius 3 is 1.23 bits per heavy atom. The Labute approximate surface area is 356 Å². The van der Waals surface area contributed by atoms with E-state index in [1.54, 1.807) is 14.2 Å². The lowest BCUT2D eigenvalue weighted by molar-refractivity contribution is 0.403. The Hall–Kier alpha value is -2.24.